The largest absolute Gasteiger partial charge is 0.350 e. The Morgan fingerprint density at radius 2 is 2.05 bits per heavy atom. The maximum atomic E-state index is 13.6. The number of hydrogen-bond acceptors (Lipinski definition) is 4. The predicted molar refractivity (Wildman–Crippen MR) is 71.9 cm³/mol. The molecule has 0 unspecified atom stereocenters. The smallest absolute Gasteiger partial charge is 0.200 e. The van der Waals surface area contributed by atoms with Gasteiger partial charge in [-0.15, -0.1) is 5.10 Å². The number of aromatic nitrogens is 5. The Morgan fingerprint density at radius 3 is 2.70 bits per heavy atom. The number of fused-ring (bicyclic) bond motifs is 1. The van der Waals surface area contributed by atoms with Gasteiger partial charge in [0.25, 0.3) is 0 Å². The minimum Gasteiger partial charge on any atom is -0.350 e. The lowest BCUT2D eigenvalue weighted by Gasteiger charge is -2.09. The second-order valence-electron chi connectivity index (χ2n) is 4.39. The van der Waals surface area contributed by atoms with Gasteiger partial charge in [-0.2, -0.15) is 0 Å². The van der Waals surface area contributed by atoms with E-state index in [1.54, 1.807) is 24.9 Å². The van der Waals surface area contributed by atoms with E-state index in [1.165, 1.54) is 10.7 Å². The van der Waals surface area contributed by atoms with E-state index < -0.39 is 5.82 Å². The van der Waals surface area contributed by atoms with Gasteiger partial charge in [0.05, 0.1) is 16.1 Å². The number of halogens is 2. The number of nitrogens with zero attached hydrogens (tertiary/aromatic N) is 5. The summed E-state index contributed by atoms with van der Waals surface area (Å²) in [4.78, 5) is 12.5. The number of aryl methyl sites for hydroxylation is 2. The van der Waals surface area contributed by atoms with Crippen LogP contribution in [0.3, 0.4) is 0 Å². The molecule has 2 aromatic heterocycles. The number of hydrogen-bond donors (Lipinski definition) is 0. The van der Waals surface area contributed by atoms with Crippen LogP contribution in [0.2, 0.25) is 5.02 Å². The van der Waals surface area contributed by atoms with Gasteiger partial charge in [0, 0.05) is 25.7 Å². The van der Waals surface area contributed by atoms with Gasteiger partial charge in [-0.3, -0.25) is 4.79 Å². The first kappa shape index (κ1) is 12.7. The van der Waals surface area contributed by atoms with Crippen LogP contribution in [0.1, 0.15) is 0 Å². The van der Waals surface area contributed by atoms with Crippen molar-refractivity contribution >= 4 is 22.5 Å². The van der Waals surface area contributed by atoms with Crippen molar-refractivity contribution in [3.63, 3.8) is 0 Å². The standard InChI is InChI=1S/C12H9ClFN5O/c1-18-5-7(12-15-16-17-19(12)2)11(20)6-3-9(14)8(13)4-10(6)18/h3-5H,1-2H3. The molecule has 0 aliphatic carbocycles. The van der Waals surface area contributed by atoms with E-state index >= 15 is 0 Å². The van der Waals surface area contributed by atoms with Gasteiger partial charge in [-0.05, 0) is 22.6 Å². The molecule has 102 valence electrons. The van der Waals surface area contributed by atoms with Gasteiger partial charge in [0.2, 0.25) is 5.43 Å². The summed E-state index contributed by atoms with van der Waals surface area (Å²) in [5, 5.41) is 11.2. The van der Waals surface area contributed by atoms with Crippen LogP contribution < -0.4 is 5.43 Å². The summed E-state index contributed by atoms with van der Waals surface area (Å²) in [6, 6.07) is 2.56. The van der Waals surface area contributed by atoms with Gasteiger partial charge in [-0.25, -0.2) is 9.07 Å². The molecular weight excluding hydrogens is 285 g/mol. The molecule has 3 rings (SSSR count). The van der Waals surface area contributed by atoms with Gasteiger partial charge in [-0.1, -0.05) is 11.6 Å². The van der Waals surface area contributed by atoms with E-state index in [2.05, 4.69) is 15.5 Å². The molecule has 0 bridgehead atoms. The highest BCUT2D eigenvalue weighted by atomic mass is 35.5. The van der Waals surface area contributed by atoms with E-state index in [4.69, 9.17) is 11.6 Å². The van der Waals surface area contributed by atoms with Crippen LogP contribution in [-0.2, 0) is 14.1 Å². The molecule has 2 heterocycles. The lowest BCUT2D eigenvalue weighted by molar-refractivity contribution is 0.629. The van der Waals surface area contributed by atoms with E-state index in [9.17, 15) is 9.18 Å². The third-order valence-corrected chi connectivity index (χ3v) is 3.38. The first-order valence-electron chi connectivity index (χ1n) is 5.70. The summed E-state index contributed by atoms with van der Waals surface area (Å²) in [6.07, 6.45) is 1.60. The zero-order valence-corrected chi connectivity index (χ0v) is 11.4. The average Bonchev–Trinajstić information content (AvgIpc) is 2.82. The Balaban J connectivity index is 2.43. The average molecular weight is 294 g/mol. The second-order valence-corrected chi connectivity index (χ2v) is 4.80. The van der Waals surface area contributed by atoms with Crippen LogP contribution in [0, 0.1) is 5.82 Å². The van der Waals surface area contributed by atoms with Crippen LogP contribution in [0.15, 0.2) is 23.1 Å². The van der Waals surface area contributed by atoms with Crippen molar-refractivity contribution in [2.24, 2.45) is 14.1 Å². The molecule has 0 radical (unpaired) electrons. The molecule has 0 saturated carbocycles. The fourth-order valence-corrected chi connectivity index (χ4v) is 2.25. The van der Waals surface area contributed by atoms with Crippen molar-refractivity contribution in [2.45, 2.75) is 0 Å². The molecule has 0 amide bonds. The van der Waals surface area contributed by atoms with Crippen molar-refractivity contribution < 1.29 is 4.39 Å². The van der Waals surface area contributed by atoms with Crippen LogP contribution in [0.25, 0.3) is 22.3 Å². The number of benzene rings is 1. The van der Waals surface area contributed by atoms with Gasteiger partial charge < -0.3 is 4.57 Å². The Morgan fingerprint density at radius 1 is 1.30 bits per heavy atom. The maximum absolute atomic E-state index is 13.6. The Labute approximate surface area is 117 Å². The Hall–Kier alpha value is -2.28. The van der Waals surface area contributed by atoms with Crippen LogP contribution in [-0.4, -0.2) is 24.8 Å². The highest BCUT2D eigenvalue weighted by molar-refractivity contribution is 6.31. The molecule has 0 atom stereocenters. The van der Waals surface area contributed by atoms with Crippen LogP contribution >= 0.6 is 11.6 Å². The van der Waals surface area contributed by atoms with Gasteiger partial charge >= 0.3 is 0 Å². The molecule has 0 aliphatic rings. The number of tetrazole rings is 1. The molecule has 8 heteroatoms. The van der Waals surface area contributed by atoms with E-state index in [1.807, 2.05) is 0 Å². The quantitative estimate of drug-likeness (QED) is 0.682. The highest BCUT2D eigenvalue weighted by Gasteiger charge is 2.15. The van der Waals surface area contributed by atoms with Gasteiger partial charge in [0.15, 0.2) is 5.82 Å². The van der Waals surface area contributed by atoms with Crippen LogP contribution in [0.4, 0.5) is 4.39 Å². The molecule has 20 heavy (non-hydrogen) atoms. The highest BCUT2D eigenvalue weighted by Crippen LogP contribution is 2.22. The Bertz CT molecular complexity index is 885. The lowest BCUT2D eigenvalue weighted by Crippen LogP contribution is -2.13. The summed E-state index contributed by atoms with van der Waals surface area (Å²) in [5.74, 6) is -0.313. The van der Waals surface area contributed by atoms with E-state index in [0.717, 1.165) is 6.07 Å². The van der Waals surface area contributed by atoms with Crippen molar-refractivity contribution in [2.75, 3.05) is 0 Å². The van der Waals surface area contributed by atoms with E-state index in [0.29, 0.717) is 16.9 Å². The SMILES string of the molecule is Cn1nnnc1-c1cn(C)c2cc(Cl)c(F)cc2c1=O. The molecule has 0 saturated heterocycles. The zero-order valence-electron chi connectivity index (χ0n) is 10.6. The minimum absolute atomic E-state index is 0.0272. The van der Waals surface area contributed by atoms with Crippen molar-refractivity contribution in [3.05, 3.63) is 39.4 Å². The summed E-state index contributed by atoms with van der Waals surface area (Å²) >= 11 is 5.75. The molecule has 3 aromatic rings. The molecule has 6 nitrogen and oxygen atoms in total. The second kappa shape index (κ2) is 4.38. The van der Waals surface area contributed by atoms with Crippen molar-refractivity contribution in [1.82, 2.24) is 24.8 Å². The fraction of sp³-hybridized carbons (Fsp3) is 0.167. The maximum Gasteiger partial charge on any atom is 0.200 e. The monoisotopic (exact) mass is 293 g/mol. The minimum atomic E-state index is -0.635. The first-order valence-corrected chi connectivity index (χ1v) is 6.08. The predicted octanol–water partition coefficient (Wildman–Crippen LogP) is 1.52. The van der Waals surface area contributed by atoms with E-state index in [-0.39, 0.29) is 15.8 Å². The third kappa shape index (κ3) is 1.78. The normalized spacial score (nSPS) is 11.2. The fourth-order valence-electron chi connectivity index (χ4n) is 2.09. The number of pyridine rings is 1. The van der Waals surface area contributed by atoms with Gasteiger partial charge in [0.1, 0.15) is 5.82 Å². The molecule has 0 fully saturated rings. The topological polar surface area (TPSA) is 65.6 Å². The van der Waals surface area contributed by atoms with Crippen molar-refractivity contribution in [3.8, 4) is 11.4 Å². The Kier molecular flexibility index (Phi) is 2.79. The molecule has 0 N–H and O–H groups in total. The summed E-state index contributed by atoms with van der Waals surface area (Å²) < 4.78 is 16.7. The van der Waals surface area contributed by atoms with Crippen molar-refractivity contribution in [1.29, 1.82) is 0 Å². The number of rotatable bonds is 1. The summed E-state index contributed by atoms with van der Waals surface area (Å²) in [5.41, 5.74) is 0.501. The summed E-state index contributed by atoms with van der Waals surface area (Å²) in [7, 11) is 3.37. The molecule has 1 aromatic carbocycles. The lowest BCUT2D eigenvalue weighted by atomic mass is 10.1. The zero-order chi connectivity index (χ0) is 14.4. The molecule has 0 spiro atoms. The summed E-state index contributed by atoms with van der Waals surface area (Å²) in [6.45, 7) is 0. The molecule has 0 aliphatic heterocycles. The molecular formula is C12H9ClFN5O. The van der Waals surface area contributed by atoms with Crippen LogP contribution in [0.5, 0.6) is 0 Å². The third-order valence-electron chi connectivity index (χ3n) is 3.09. The first-order chi connectivity index (χ1) is 9.49.